The fourth-order valence-corrected chi connectivity index (χ4v) is 0.134. The zero-order valence-electron chi connectivity index (χ0n) is 3.91. The van der Waals surface area contributed by atoms with E-state index in [1.54, 1.807) is 0 Å². The molecule has 0 aliphatic heterocycles. The minimum absolute atomic E-state index is 2.76. The summed E-state index contributed by atoms with van der Waals surface area (Å²) in [4.78, 5) is 9.14. The molecule has 0 heterocycles. The van der Waals surface area contributed by atoms with Gasteiger partial charge in [0, 0.05) is 0 Å². The number of alkyl halides is 4. The van der Waals surface area contributed by atoms with Crippen LogP contribution in [0.25, 0.3) is 0 Å². The first-order chi connectivity index (χ1) is 3.85. The number of hydrogen-bond acceptors (Lipinski definition) is 2. The summed E-state index contributed by atoms with van der Waals surface area (Å²) >= 11 is 0. The lowest BCUT2D eigenvalue weighted by molar-refractivity contribution is -0.326. The lowest BCUT2D eigenvalue weighted by Crippen LogP contribution is -2.42. The molecule has 0 bridgehead atoms. The third-order valence-corrected chi connectivity index (χ3v) is 0.494. The monoisotopic (exact) mass is 145 g/mol. The summed E-state index contributed by atoms with van der Waals surface area (Å²) < 4.78 is 44.0. The highest BCUT2D eigenvalue weighted by Gasteiger charge is 2.41. The first-order valence-electron chi connectivity index (χ1n) is 1.77. The highest BCUT2D eigenvalue weighted by atomic mass is 19.4. The first kappa shape index (κ1) is 8.19. The smallest absolute Gasteiger partial charge is 0.425 e. The SMILES string of the molecule is O=C([O-])[C@H](F)C(F)(F)F. The molecule has 0 radical (unpaired) electrons. The van der Waals surface area contributed by atoms with Gasteiger partial charge in [0.15, 0.2) is 0 Å². The molecule has 1 atom stereocenters. The van der Waals surface area contributed by atoms with Gasteiger partial charge in [0.2, 0.25) is 6.17 Å². The Balaban J connectivity index is 4.04. The molecule has 0 aliphatic carbocycles. The Kier molecular flexibility index (Phi) is 2.00. The number of carbonyl (C=O) groups is 1. The summed E-state index contributed by atoms with van der Waals surface area (Å²) in [7, 11) is 0. The number of carboxylic acids is 1. The Morgan fingerprint density at radius 3 is 1.78 bits per heavy atom. The maximum Gasteiger partial charge on any atom is 0.425 e. The van der Waals surface area contributed by atoms with Crippen molar-refractivity contribution in [3.8, 4) is 0 Å². The lowest BCUT2D eigenvalue weighted by atomic mass is 10.4. The van der Waals surface area contributed by atoms with Crippen molar-refractivity contribution in [2.24, 2.45) is 0 Å². The normalized spacial score (nSPS) is 15.1. The third kappa shape index (κ3) is 2.29. The summed E-state index contributed by atoms with van der Waals surface area (Å²) in [5.74, 6) is -2.76. The van der Waals surface area contributed by atoms with Crippen LogP contribution in [0.2, 0.25) is 0 Å². The molecule has 6 heteroatoms. The Morgan fingerprint density at radius 2 is 1.78 bits per heavy atom. The van der Waals surface area contributed by atoms with E-state index >= 15 is 0 Å². The van der Waals surface area contributed by atoms with Gasteiger partial charge < -0.3 is 9.90 Å². The van der Waals surface area contributed by atoms with Crippen molar-refractivity contribution in [1.82, 2.24) is 0 Å². The molecule has 2 nitrogen and oxygen atoms in total. The summed E-state index contributed by atoms with van der Waals surface area (Å²) in [6, 6.07) is 0. The summed E-state index contributed by atoms with van der Waals surface area (Å²) in [6.45, 7) is 0. The van der Waals surface area contributed by atoms with E-state index in [-0.39, 0.29) is 0 Å². The number of aliphatic carboxylic acids is 1. The predicted molar refractivity (Wildman–Crippen MR) is 16.0 cm³/mol. The quantitative estimate of drug-likeness (QED) is 0.472. The average molecular weight is 145 g/mol. The second kappa shape index (κ2) is 2.20. The zero-order valence-corrected chi connectivity index (χ0v) is 3.91. The Bertz CT molecular complexity index is 117. The van der Waals surface area contributed by atoms with E-state index in [9.17, 15) is 17.6 Å². The molecule has 0 spiro atoms. The number of rotatable bonds is 1. The summed E-state index contributed by atoms with van der Waals surface area (Å²) in [5.41, 5.74) is 0. The van der Waals surface area contributed by atoms with E-state index in [4.69, 9.17) is 9.90 Å². The van der Waals surface area contributed by atoms with Gasteiger partial charge in [-0.1, -0.05) is 0 Å². The van der Waals surface area contributed by atoms with Crippen LogP contribution in [0.4, 0.5) is 17.6 Å². The molecular weight excluding hydrogens is 144 g/mol. The number of carbonyl (C=O) groups excluding carboxylic acids is 1. The Hall–Kier alpha value is -0.810. The molecule has 0 aromatic rings. The van der Waals surface area contributed by atoms with Gasteiger partial charge >= 0.3 is 6.18 Å². The molecule has 0 rings (SSSR count). The van der Waals surface area contributed by atoms with Crippen LogP contribution in [0.15, 0.2) is 0 Å². The predicted octanol–water partition coefficient (Wildman–Crippen LogP) is -0.363. The van der Waals surface area contributed by atoms with Crippen LogP contribution in [0.3, 0.4) is 0 Å². The average Bonchev–Trinajstić information content (AvgIpc) is 1.62. The maximum absolute atomic E-state index is 11.2. The number of hydrogen-bond donors (Lipinski definition) is 0. The second-order valence-electron chi connectivity index (χ2n) is 1.22. The van der Waals surface area contributed by atoms with Gasteiger partial charge in [0.1, 0.15) is 0 Å². The molecule has 9 heavy (non-hydrogen) atoms. The largest absolute Gasteiger partial charge is 0.547 e. The molecule has 0 saturated carbocycles. The molecule has 0 saturated heterocycles. The van der Waals surface area contributed by atoms with E-state index in [1.165, 1.54) is 0 Å². The van der Waals surface area contributed by atoms with E-state index in [1.807, 2.05) is 0 Å². The molecule has 0 aromatic heterocycles. The molecule has 0 amide bonds. The molecule has 0 aromatic carbocycles. The fraction of sp³-hybridized carbons (Fsp3) is 0.667. The van der Waals surface area contributed by atoms with Crippen LogP contribution in [0.5, 0.6) is 0 Å². The zero-order chi connectivity index (χ0) is 7.65. The van der Waals surface area contributed by atoms with Crippen LogP contribution >= 0.6 is 0 Å². The van der Waals surface area contributed by atoms with E-state index in [0.717, 1.165) is 0 Å². The minimum atomic E-state index is -5.35. The molecule has 0 N–H and O–H groups in total. The van der Waals surface area contributed by atoms with E-state index in [2.05, 4.69) is 0 Å². The summed E-state index contributed by atoms with van der Waals surface area (Å²) in [6.07, 6.45) is -9.23. The van der Waals surface area contributed by atoms with Crippen molar-refractivity contribution < 1.29 is 27.5 Å². The highest BCUT2D eigenvalue weighted by Crippen LogP contribution is 2.21. The second-order valence-corrected chi connectivity index (χ2v) is 1.22. The van der Waals surface area contributed by atoms with Gasteiger partial charge in [-0.3, -0.25) is 0 Å². The fourth-order valence-electron chi connectivity index (χ4n) is 0.134. The van der Waals surface area contributed by atoms with Crippen molar-refractivity contribution in [2.45, 2.75) is 12.3 Å². The van der Waals surface area contributed by atoms with Crippen molar-refractivity contribution >= 4 is 5.97 Å². The minimum Gasteiger partial charge on any atom is -0.547 e. The first-order valence-corrected chi connectivity index (χ1v) is 1.77. The van der Waals surface area contributed by atoms with E-state index < -0.39 is 18.3 Å². The molecular formula is C3HF4O2-. The molecule has 0 unspecified atom stereocenters. The van der Waals surface area contributed by atoms with Gasteiger partial charge in [0.25, 0.3) is 0 Å². The van der Waals surface area contributed by atoms with Crippen LogP contribution in [-0.4, -0.2) is 18.3 Å². The van der Waals surface area contributed by atoms with Gasteiger partial charge in [0.05, 0.1) is 5.97 Å². The number of carboxylic acid groups (broad SMARTS) is 1. The molecule has 0 fully saturated rings. The molecule has 0 aliphatic rings. The third-order valence-electron chi connectivity index (χ3n) is 0.494. The summed E-state index contributed by atoms with van der Waals surface area (Å²) in [5, 5.41) is 9.14. The standard InChI is InChI=1S/C3H2F4O2/c4-1(2(8)9)3(5,6)7/h1H,(H,8,9)/p-1/t1-/m0/s1. The van der Waals surface area contributed by atoms with Crippen molar-refractivity contribution in [2.75, 3.05) is 0 Å². The molecule has 54 valence electrons. The van der Waals surface area contributed by atoms with E-state index in [0.29, 0.717) is 0 Å². The van der Waals surface area contributed by atoms with Crippen LogP contribution in [0, 0.1) is 0 Å². The van der Waals surface area contributed by atoms with Gasteiger partial charge in [-0.05, 0) is 0 Å². The Morgan fingerprint density at radius 1 is 1.44 bits per heavy atom. The number of halogens is 4. The van der Waals surface area contributed by atoms with Gasteiger partial charge in [-0.15, -0.1) is 0 Å². The van der Waals surface area contributed by atoms with Gasteiger partial charge in [-0.2, -0.15) is 13.2 Å². The lowest BCUT2D eigenvalue weighted by Gasteiger charge is -2.11. The van der Waals surface area contributed by atoms with Gasteiger partial charge in [-0.25, -0.2) is 4.39 Å². The van der Waals surface area contributed by atoms with Crippen LogP contribution in [-0.2, 0) is 4.79 Å². The van der Waals surface area contributed by atoms with Crippen LogP contribution < -0.4 is 5.11 Å². The Labute approximate surface area is 47.1 Å². The van der Waals surface area contributed by atoms with Crippen LogP contribution in [0.1, 0.15) is 0 Å². The van der Waals surface area contributed by atoms with Crippen molar-refractivity contribution in [3.05, 3.63) is 0 Å². The maximum atomic E-state index is 11.2. The van der Waals surface area contributed by atoms with Crippen molar-refractivity contribution in [3.63, 3.8) is 0 Å². The highest BCUT2D eigenvalue weighted by molar-refractivity contribution is 5.70. The van der Waals surface area contributed by atoms with Crippen molar-refractivity contribution in [1.29, 1.82) is 0 Å². The topological polar surface area (TPSA) is 40.1 Å².